The average Bonchev–Trinajstić information content (AvgIpc) is 3.10. The first-order valence-electron chi connectivity index (χ1n) is 9.04. The summed E-state index contributed by atoms with van der Waals surface area (Å²) in [7, 11) is 0. The molecular weight excluding hydrogens is 324 g/mol. The van der Waals surface area contributed by atoms with Gasteiger partial charge >= 0.3 is 0 Å². The fourth-order valence-corrected chi connectivity index (χ4v) is 3.63. The second kappa shape index (κ2) is 7.14. The van der Waals surface area contributed by atoms with Crippen molar-refractivity contribution < 1.29 is 0 Å². The van der Waals surface area contributed by atoms with Crippen LogP contribution in [0.4, 0.5) is 5.82 Å². The topological polar surface area (TPSA) is 61.0 Å². The number of benzene rings is 1. The number of hydrogen-bond acceptors (Lipinski definition) is 5. The number of aromatic nitrogens is 3. The summed E-state index contributed by atoms with van der Waals surface area (Å²) in [6.07, 6.45) is 3.75. The summed E-state index contributed by atoms with van der Waals surface area (Å²) >= 11 is 0. The highest BCUT2D eigenvalue weighted by Gasteiger charge is 2.20. The van der Waals surface area contributed by atoms with E-state index in [-0.39, 0.29) is 0 Å². The summed E-state index contributed by atoms with van der Waals surface area (Å²) in [5.41, 5.74) is 2.95. The first-order valence-corrected chi connectivity index (χ1v) is 9.04. The van der Waals surface area contributed by atoms with Crippen molar-refractivity contribution in [2.24, 2.45) is 0 Å². The molecule has 1 fully saturated rings. The van der Waals surface area contributed by atoms with E-state index >= 15 is 0 Å². The van der Waals surface area contributed by atoms with Crippen LogP contribution in [-0.4, -0.2) is 45.6 Å². The molecule has 0 spiro atoms. The summed E-state index contributed by atoms with van der Waals surface area (Å²) in [5, 5.41) is 10.3. The Bertz CT molecular complexity index is 941. The Balaban J connectivity index is 1.44. The zero-order chi connectivity index (χ0) is 17.9. The SMILES string of the molecule is CCn1cc(CN2CCN(c3ncnc4ccccc34)CC2)cc1C#N. The van der Waals surface area contributed by atoms with Crippen LogP contribution < -0.4 is 4.90 Å². The molecule has 6 nitrogen and oxygen atoms in total. The maximum Gasteiger partial charge on any atom is 0.139 e. The summed E-state index contributed by atoms with van der Waals surface area (Å²) < 4.78 is 2.01. The van der Waals surface area contributed by atoms with Gasteiger partial charge in [0.15, 0.2) is 0 Å². The molecule has 26 heavy (non-hydrogen) atoms. The first kappa shape index (κ1) is 16.6. The van der Waals surface area contributed by atoms with E-state index in [4.69, 9.17) is 0 Å². The molecular formula is C20H22N6. The van der Waals surface area contributed by atoms with Gasteiger partial charge in [-0.3, -0.25) is 4.90 Å². The van der Waals surface area contributed by atoms with Gasteiger partial charge in [0.25, 0.3) is 0 Å². The van der Waals surface area contributed by atoms with Crippen molar-refractivity contribution in [1.82, 2.24) is 19.4 Å². The smallest absolute Gasteiger partial charge is 0.139 e. The molecule has 0 amide bonds. The van der Waals surface area contributed by atoms with E-state index in [1.54, 1.807) is 6.33 Å². The van der Waals surface area contributed by atoms with Crippen molar-refractivity contribution in [1.29, 1.82) is 5.26 Å². The Morgan fingerprint density at radius 3 is 2.65 bits per heavy atom. The van der Waals surface area contributed by atoms with Gasteiger partial charge in [-0.25, -0.2) is 9.97 Å². The minimum Gasteiger partial charge on any atom is -0.353 e. The van der Waals surface area contributed by atoms with Crippen molar-refractivity contribution in [3.63, 3.8) is 0 Å². The lowest BCUT2D eigenvalue weighted by Gasteiger charge is -2.35. The number of hydrogen-bond donors (Lipinski definition) is 0. The minimum absolute atomic E-state index is 0.744. The molecule has 132 valence electrons. The molecule has 0 radical (unpaired) electrons. The lowest BCUT2D eigenvalue weighted by atomic mass is 10.2. The Labute approximate surface area is 153 Å². The number of anilines is 1. The van der Waals surface area contributed by atoms with Crippen molar-refractivity contribution in [2.75, 3.05) is 31.1 Å². The molecule has 0 bridgehead atoms. The van der Waals surface area contributed by atoms with E-state index in [1.165, 1.54) is 5.56 Å². The number of nitriles is 1. The van der Waals surface area contributed by atoms with Crippen molar-refractivity contribution in [2.45, 2.75) is 20.0 Å². The summed E-state index contributed by atoms with van der Waals surface area (Å²) in [5.74, 6) is 1.03. The Hall–Kier alpha value is -2.91. The van der Waals surface area contributed by atoms with Crippen LogP contribution in [0.25, 0.3) is 10.9 Å². The Morgan fingerprint density at radius 1 is 1.12 bits per heavy atom. The minimum atomic E-state index is 0.744. The number of nitrogens with zero attached hydrogens (tertiary/aromatic N) is 6. The third kappa shape index (κ3) is 3.14. The van der Waals surface area contributed by atoms with Crippen LogP contribution in [0.1, 0.15) is 18.2 Å². The van der Waals surface area contributed by atoms with Gasteiger partial charge < -0.3 is 9.47 Å². The van der Waals surface area contributed by atoms with Gasteiger partial charge in [-0.2, -0.15) is 5.26 Å². The lowest BCUT2D eigenvalue weighted by Crippen LogP contribution is -2.46. The second-order valence-corrected chi connectivity index (χ2v) is 6.61. The molecule has 0 aliphatic carbocycles. The molecule has 1 aliphatic heterocycles. The third-order valence-electron chi connectivity index (χ3n) is 5.01. The van der Waals surface area contributed by atoms with Gasteiger partial charge in [-0.05, 0) is 30.7 Å². The van der Waals surface area contributed by atoms with Gasteiger partial charge in [0.2, 0.25) is 0 Å². The van der Waals surface area contributed by atoms with E-state index in [0.29, 0.717) is 0 Å². The molecule has 1 saturated heterocycles. The number of fused-ring (bicyclic) bond motifs is 1. The molecule has 3 aromatic rings. The van der Waals surface area contributed by atoms with Crippen molar-refractivity contribution in [3.8, 4) is 6.07 Å². The molecule has 2 aromatic heterocycles. The number of aryl methyl sites for hydroxylation is 1. The highest BCUT2D eigenvalue weighted by atomic mass is 15.3. The average molecular weight is 346 g/mol. The number of piperazine rings is 1. The zero-order valence-electron chi connectivity index (χ0n) is 15.0. The number of para-hydroxylation sites is 1. The molecule has 0 atom stereocenters. The fourth-order valence-electron chi connectivity index (χ4n) is 3.63. The van der Waals surface area contributed by atoms with Crippen LogP contribution in [-0.2, 0) is 13.1 Å². The van der Waals surface area contributed by atoms with Gasteiger partial charge in [0.1, 0.15) is 23.9 Å². The Morgan fingerprint density at radius 2 is 1.92 bits per heavy atom. The molecule has 1 aromatic carbocycles. The van der Waals surface area contributed by atoms with Gasteiger partial charge in [0.05, 0.1) is 5.52 Å². The predicted molar refractivity (Wildman–Crippen MR) is 102 cm³/mol. The van der Waals surface area contributed by atoms with Crippen LogP contribution in [0.2, 0.25) is 0 Å². The van der Waals surface area contributed by atoms with Gasteiger partial charge in [-0.15, -0.1) is 0 Å². The summed E-state index contributed by atoms with van der Waals surface area (Å²) in [4.78, 5) is 13.7. The molecule has 3 heterocycles. The van der Waals surface area contributed by atoms with Crippen LogP contribution in [0.15, 0.2) is 42.9 Å². The molecule has 0 saturated carbocycles. The van der Waals surface area contributed by atoms with Gasteiger partial charge in [-0.1, -0.05) is 12.1 Å². The highest BCUT2D eigenvalue weighted by molar-refractivity contribution is 5.89. The predicted octanol–water partition coefficient (Wildman–Crippen LogP) is 2.65. The normalized spacial score (nSPS) is 15.3. The van der Waals surface area contributed by atoms with E-state index < -0.39 is 0 Å². The molecule has 1 aliphatic rings. The zero-order valence-corrected chi connectivity index (χ0v) is 15.0. The molecule has 6 heteroatoms. The summed E-state index contributed by atoms with van der Waals surface area (Å²) in [6, 6.07) is 12.4. The molecule has 4 rings (SSSR count). The maximum absolute atomic E-state index is 9.21. The highest BCUT2D eigenvalue weighted by Crippen LogP contribution is 2.24. The summed E-state index contributed by atoms with van der Waals surface area (Å²) in [6.45, 7) is 7.64. The monoisotopic (exact) mass is 346 g/mol. The van der Waals surface area contributed by atoms with E-state index in [9.17, 15) is 5.26 Å². The van der Waals surface area contributed by atoms with E-state index in [0.717, 1.165) is 61.7 Å². The maximum atomic E-state index is 9.21. The Kier molecular flexibility index (Phi) is 4.55. The molecule has 0 unspecified atom stereocenters. The largest absolute Gasteiger partial charge is 0.353 e. The standard InChI is InChI=1S/C20H22N6/c1-2-25-14-16(11-17(25)12-21)13-24-7-9-26(10-8-24)20-18-5-3-4-6-19(18)22-15-23-20/h3-6,11,14-15H,2,7-10,13H2,1H3. The quantitative estimate of drug-likeness (QED) is 0.727. The van der Waals surface area contributed by atoms with Crippen LogP contribution >= 0.6 is 0 Å². The third-order valence-corrected chi connectivity index (χ3v) is 5.01. The van der Waals surface area contributed by atoms with Crippen LogP contribution in [0.3, 0.4) is 0 Å². The van der Waals surface area contributed by atoms with Crippen molar-refractivity contribution >= 4 is 16.7 Å². The lowest BCUT2D eigenvalue weighted by molar-refractivity contribution is 0.249. The van der Waals surface area contributed by atoms with Crippen LogP contribution in [0.5, 0.6) is 0 Å². The fraction of sp³-hybridized carbons (Fsp3) is 0.350. The first-order chi connectivity index (χ1) is 12.8. The van der Waals surface area contributed by atoms with Crippen molar-refractivity contribution in [3.05, 3.63) is 54.1 Å². The van der Waals surface area contributed by atoms with E-state index in [1.807, 2.05) is 28.8 Å². The second-order valence-electron chi connectivity index (χ2n) is 6.61. The van der Waals surface area contributed by atoms with Crippen LogP contribution in [0, 0.1) is 11.3 Å². The number of rotatable bonds is 4. The van der Waals surface area contributed by atoms with Gasteiger partial charge in [0, 0.05) is 50.9 Å². The van der Waals surface area contributed by atoms with E-state index in [2.05, 4.69) is 45.0 Å². The molecule has 0 N–H and O–H groups in total.